The van der Waals surface area contributed by atoms with Crippen molar-refractivity contribution in [2.24, 2.45) is 0 Å². The van der Waals surface area contributed by atoms with Crippen LogP contribution in [0.15, 0.2) is 16.5 Å². The van der Waals surface area contributed by atoms with Crippen LogP contribution in [0.4, 0.5) is 0 Å². The molecule has 1 atom stereocenters. The van der Waals surface area contributed by atoms with Gasteiger partial charge in [0.1, 0.15) is 18.0 Å². The van der Waals surface area contributed by atoms with E-state index in [-0.39, 0.29) is 18.5 Å². The van der Waals surface area contributed by atoms with E-state index in [1.165, 1.54) is 0 Å². The highest BCUT2D eigenvalue weighted by molar-refractivity contribution is 14.1. The number of fused-ring (bicyclic) bond motifs is 1. The smallest absolute Gasteiger partial charge is 0.165 e. The van der Waals surface area contributed by atoms with E-state index < -0.39 is 0 Å². The Morgan fingerprint density at radius 3 is 2.38 bits per heavy atom. The number of benzene rings is 1. The van der Waals surface area contributed by atoms with E-state index >= 15 is 0 Å². The first-order chi connectivity index (χ1) is 12.4. The fourth-order valence-electron chi connectivity index (χ4n) is 2.92. The molecule has 0 aliphatic carbocycles. The normalized spacial score (nSPS) is 18.0. The molecule has 0 saturated carbocycles. The van der Waals surface area contributed by atoms with Crippen LogP contribution in [-0.4, -0.2) is 25.1 Å². The zero-order valence-electron chi connectivity index (χ0n) is 15.8. The van der Waals surface area contributed by atoms with Crippen molar-refractivity contribution >= 4 is 33.6 Å². The summed E-state index contributed by atoms with van der Waals surface area (Å²) in [6.45, 7) is 9.18. The number of hydrogen-bond donors (Lipinski definition) is 0. The van der Waals surface area contributed by atoms with Gasteiger partial charge in [-0.05, 0) is 75.6 Å². The number of halogens is 1. The van der Waals surface area contributed by atoms with Crippen LogP contribution in [0.3, 0.4) is 0 Å². The van der Waals surface area contributed by atoms with Gasteiger partial charge >= 0.3 is 0 Å². The molecule has 144 valence electrons. The Bertz CT molecular complexity index is 731. The van der Waals surface area contributed by atoms with Gasteiger partial charge in [-0.2, -0.15) is 0 Å². The summed E-state index contributed by atoms with van der Waals surface area (Å²) in [4.78, 5) is 0. The highest BCUT2D eigenvalue weighted by atomic mass is 127. The molecular weight excluding hydrogens is 447 g/mol. The van der Waals surface area contributed by atoms with Crippen LogP contribution in [0.1, 0.15) is 52.7 Å². The maximum absolute atomic E-state index is 6.05. The summed E-state index contributed by atoms with van der Waals surface area (Å²) in [5, 5.41) is 1.01. The number of ether oxygens (including phenoxy) is 4. The van der Waals surface area contributed by atoms with Gasteiger partial charge in [-0.15, -0.1) is 0 Å². The number of hydrogen-bond acceptors (Lipinski definition) is 5. The molecule has 2 aromatic rings. The summed E-state index contributed by atoms with van der Waals surface area (Å²) in [6.07, 6.45) is 3.19. The number of rotatable bonds is 7. The summed E-state index contributed by atoms with van der Waals surface area (Å²) < 4.78 is 30.5. The van der Waals surface area contributed by atoms with E-state index in [0.29, 0.717) is 12.4 Å². The van der Waals surface area contributed by atoms with Crippen LogP contribution in [0.25, 0.3) is 11.0 Å². The van der Waals surface area contributed by atoms with Gasteiger partial charge in [0.2, 0.25) is 0 Å². The van der Waals surface area contributed by atoms with E-state index in [1.807, 2.05) is 39.8 Å². The fourth-order valence-corrected chi connectivity index (χ4v) is 3.61. The van der Waals surface area contributed by atoms with Crippen molar-refractivity contribution in [2.75, 3.05) is 6.61 Å². The predicted octanol–water partition coefficient (Wildman–Crippen LogP) is 5.66. The van der Waals surface area contributed by atoms with E-state index in [1.54, 1.807) is 0 Å². The Hall–Kier alpha value is -0.990. The van der Waals surface area contributed by atoms with E-state index in [4.69, 9.17) is 23.4 Å². The second-order valence-corrected chi connectivity index (χ2v) is 8.15. The molecule has 5 nitrogen and oxygen atoms in total. The van der Waals surface area contributed by atoms with Crippen LogP contribution in [-0.2, 0) is 16.1 Å². The van der Waals surface area contributed by atoms with Gasteiger partial charge in [0.15, 0.2) is 17.8 Å². The summed E-state index contributed by atoms with van der Waals surface area (Å²) in [7, 11) is 0. The maximum atomic E-state index is 6.05. The second kappa shape index (κ2) is 8.80. The molecule has 6 heteroatoms. The van der Waals surface area contributed by atoms with Crippen molar-refractivity contribution in [1.82, 2.24) is 0 Å². The molecule has 26 heavy (non-hydrogen) atoms. The third kappa shape index (κ3) is 4.84. The first-order valence-corrected chi connectivity index (χ1v) is 10.3. The largest absolute Gasteiger partial charge is 0.487 e. The van der Waals surface area contributed by atoms with Crippen molar-refractivity contribution in [2.45, 2.75) is 72.1 Å². The zero-order chi connectivity index (χ0) is 18.7. The molecule has 2 heterocycles. The highest BCUT2D eigenvalue weighted by Gasteiger charge is 2.20. The zero-order valence-corrected chi connectivity index (χ0v) is 18.0. The molecule has 0 bridgehead atoms. The van der Waals surface area contributed by atoms with Gasteiger partial charge in [-0.3, -0.25) is 0 Å². The van der Waals surface area contributed by atoms with Gasteiger partial charge in [0.05, 0.1) is 15.8 Å². The van der Waals surface area contributed by atoms with E-state index in [2.05, 4.69) is 22.6 Å². The average molecular weight is 474 g/mol. The van der Waals surface area contributed by atoms with Crippen LogP contribution in [0.5, 0.6) is 11.5 Å². The Morgan fingerprint density at radius 1 is 1.08 bits per heavy atom. The highest BCUT2D eigenvalue weighted by Crippen LogP contribution is 2.38. The molecule has 1 aliphatic rings. The lowest BCUT2D eigenvalue weighted by atomic mass is 10.2. The lowest BCUT2D eigenvalue weighted by Crippen LogP contribution is -2.22. The Labute approximate surface area is 168 Å². The van der Waals surface area contributed by atoms with Crippen molar-refractivity contribution in [1.29, 1.82) is 0 Å². The topological polar surface area (TPSA) is 50.1 Å². The minimum atomic E-state index is -0.132. The van der Waals surface area contributed by atoms with Gasteiger partial charge in [-0.25, -0.2) is 0 Å². The fraction of sp³-hybridized carbons (Fsp3) is 0.600. The molecule has 0 radical (unpaired) electrons. The average Bonchev–Trinajstić information content (AvgIpc) is 2.89. The lowest BCUT2D eigenvalue weighted by Gasteiger charge is -2.22. The van der Waals surface area contributed by atoms with Crippen molar-refractivity contribution < 1.29 is 23.4 Å². The molecule has 1 aromatic carbocycles. The Balaban J connectivity index is 1.85. The minimum Gasteiger partial charge on any atom is -0.487 e. The third-order valence-electron chi connectivity index (χ3n) is 4.02. The molecule has 0 N–H and O–H groups in total. The summed E-state index contributed by atoms with van der Waals surface area (Å²) in [5.41, 5.74) is 0.782. The second-order valence-electron chi connectivity index (χ2n) is 7.07. The van der Waals surface area contributed by atoms with Gasteiger partial charge in [-0.1, -0.05) is 0 Å². The Kier molecular flexibility index (Phi) is 6.69. The maximum Gasteiger partial charge on any atom is 0.165 e. The Morgan fingerprint density at radius 2 is 1.77 bits per heavy atom. The molecule has 1 saturated heterocycles. The molecule has 0 spiro atoms. The van der Waals surface area contributed by atoms with E-state index in [9.17, 15) is 0 Å². The molecule has 3 rings (SSSR count). The van der Waals surface area contributed by atoms with Crippen molar-refractivity contribution in [3.05, 3.63) is 21.5 Å². The quantitative estimate of drug-likeness (QED) is 0.485. The van der Waals surface area contributed by atoms with Gasteiger partial charge in [0, 0.05) is 18.1 Å². The predicted molar refractivity (Wildman–Crippen MR) is 109 cm³/mol. The van der Waals surface area contributed by atoms with Crippen LogP contribution in [0, 0.1) is 3.57 Å². The molecule has 1 aliphatic heterocycles. The molecular formula is C20H27IO5. The SMILES string of the molecule is CC(C)Oc1cc2oc(COC3CCCCO3)c(I)c2cc1OC(C)C. The number of furan rings is 1. The summed E-state index contributed by atoms with van der Waals surface area (Å²) in [5.74, 6) is 2.25. The standard InChI is InChI=1S/C20H27IO5/c1-12(2)24-16-9-14-15(10-17(16)25-13(3)4)26-18(20(14)21)11-23-19-7-5-6-8-22-19/h9-10,12-13,19H,5-8,11H2,1-4H3. The summed E-state index contributed by atoms with van der Waals surface area (Å²) >= 11 is 2.30. The monoisotopic (exact) mass is 474 g/mol. The summed E-state index contributed by atoms with van der Waals surface area (Å²) in [6, 6.07) is 3.91. The van der Waals surface area contributed by atoms with Gasteiger partial charge in [0.25, 0.3) is 0 Å². The van der Waals surface area contributed by atoms with Crippen LogP contribution in [0.2, 0.25) is 0 Å². The van der Waals surface area contributed by atoms with Crippen LogP contribution >= 0.6 is 22.6 Å². The molecule has 1 aromatic heterocycles. The third-order valence-corrected chi connectivity index (χ3v) is 5.21. The van der Waals surface area contributed by atoms with Crippen molar-refractivity contribution in [3.63, 3.8) is 0 Å². The molecule has 1 unspecified atom stereocenters. The van der Waals surface area contributed by atoms with Crippen molar-refractivity contribution in [3.8, 4) is 11.5 Å². The molecule has 1 fully saturated rings. The lowest BCUT2D eigenvalue weighted by molar-refractivity contribution is -0.171. The minimum absolute atomic E-state index is 0.0576. The molecule has 0 amide bonds. The first kappa shape index (κ1) is 19.8. The van der Waals surface area contributed by atoms with Crippen LogP contribution < -0.4 is 9.47 Å². The van der Waals surface area contributed by atoms with E-state index in [0.717, 1.165) is 51.9 Å². The van der Waals surface area contributed by atoms with Gasteiger partial charge < -0.3 is 23.4 Å². The first-order valence-electron chi connectivity index (χ1n) is 9.25.